The lowest BCUT2D eigenvalue weighted by Crippen LogP contribution is -2.32. The summed E-state index contributed by atoms with van der Waals surface area (Å²) in [6.45, 7) is 4.46. The molecule has 2 N–H and O–H groups in total. The van der Waals surface area contributed by atoms with Crippen molar-refractivity contribution in [1.82, 2.24) is 9.62 Å². The Hall–Kier alpha value is -2.78. The molecule has 32 heavy (non-hydrogen) atoms. The van der Waals surface area contributed by atoms with Crippen molar-refractivity contribution in [3.8, 4) is 0 Å². The standard InChI is InChI=1S/C23H28FN3O4S/c1-3-16(2)26-32(30,31)21-10-8-20(9-11-21)25-23(29)18-14-22(28)27(15-18)13-12-17-4-6-19(24)7-5-17/h4-11,16,18,26H,3,12-15H2,1-2H3,(H,25,29)/t16-,18-/m0/s1. The molecule has 0 saturated carbocycles. The van der Waals surface area contributed by atoms with Crippen molar-refractivity contribution < 1.29 is 22.4 Å². The molecule has 0 bridgehead atoms. The molecule has 9 heteroatoms. The van der Waals surface area contributed by atoms with Gasteiger partial charge in [-0.15, -0.1) is 0 Å². The highest BCUT2D eigenvalue weighted by Crippen LogP contribution is 2.21. The maximum Gasteiger partial charge on any atom is 0.240 e. The number of sulfonamides is 1. The highest BCUT2D eigenvalue weighted by molar-refractivity contribution is 7.89. The number of hydrogen-bond donors (Lipinski definition) is 2. The zero-order valence-electron chi connectivity index (χ0n) is 18.2. The Kier molecular flexibility index (Phi) is 7.63. The summed E-state index contributed by atoms with van der Waals surface area (Å²) in [5.41, 5.74) is 1.39. The van der Waals surface area contributed by atoms with Gasteiger partial charge >= 0.3 is 0 Å². The summed E-state index contributed by atoms with van der Waals surface area (Å²) in [5.74, 6) is -1.16. The smallest absolute Gasteiger partial charge is 0.240 e. The van der Waals surface area contributed by atoms with E-state index in [-0.39, 0.29) is 35.0 Å². The maximum atomic E-state index is 13.0. The van der Waals surface area contributed by atoms with Crippen LogP contribution < -0.4 is 10.0 Å². The molecule has 172 valence electrons. The SMILES string of the molecule is CC[C@H](C)NS(=O)(=O)c1ccc(NC(=O)[C@H]2CC(=O)N(CCc3ccc(F)cc3)C2)cc1. The van der Waals surface area contributed by atoms with Gasteiger partial charge in [-0.1, -0.05) is 19.1 Å². The average Bonchev–Trinajstić information content (AvgIpc) is 3.14. The fourth-order valence-corrected chi connectivity index (χ4v) is 4.78. The van der Waals surface area contributed by atoms with Crippen LogP contribution >= 0.6 is 0 Å². The largest absolute Gasteiger partial charge is 0.342 e. The van der Waals surface area contributed by atoms with Crippen molar-refractivity contribution in [2.45, 2.75) is 44.0 Å². The van der Waals surface area contributed by atoms with E-state index in [1.54, 1.807) is 24.0 Å². The van der Waals surface area contributed by atoms with Crippen LogP contribution in [-0.2, 0) is 26.0 Å². The molecule has 2 aromatic rings. The van der Waals surface area contributed by atoms with Gasteiger partial charge in [-0.05, 0) is 61.7 Å². The Bertz CT molecular complexity index is 1060. The second-order valence-corrected chi connectivity index (χ2v) is 9.78. The number of anilines is 1. The van der Waals surface area contributed by atoms with E-state index in [4.69, 9.17) is 0 Å². The molecule has 3 rings (SSSR count). The third-order valence-electron chi connectivity index (χ3n) is 5.57. The second kappa shape index (κ2) is 10.2. The van der Waals surface area contributed by atoms with Crippen LogP contribution in [0.3, 0.4) is 0 Å². The van der Waals surface area contributed by atoms with E-state index in [0.717, 1.165) is 5.56 Å². The van der Waals surface area contributed by atoms with Gasteiger partial charge in [0, 0.05) is 31.2 Å². The van der Waals surface area contributed by atoms with Crippen molar-refractivity contribution in [3.63, 3.8) is 0 Å². The van der Waals surface area contributed by atoms with Gasteiger partial charge < -0.3 is 10.2 Å². The van der Waals surface area contributed by atoms with Crippen molar-refractivity contribution in [2.24, 2.45) is 5.92 Å². The minimum Gasteiger partial charge on any atom is -0.342 e. The Morgan fingerprint density at radius 1 is 1.16 bits per heavy atom. The average molecular weight is 462 g/mol. The minimum atomic E-state index is -3.61. The highest BCUT2D eigenvalue weighted by atomic mass is 32.2. The number of nitrogens with zero attached hydrogens (tertiary/aromatic N) is 1. The van der Waals surface area contributed by atoms with Gasteiger partial charge in [-0.3, -0.25) is 9.59 Å². The van der Waals surface area contributed by atoms with Crippen LogP contribution in [0.2, 0.25) is 0 Å². The molecular formula is C23H28FN3O4S. The van der Waals surface area contributed by atoms with Gasteiger partial charge in [0.05, 0.1) is 10.8 Å². The van der Waals surface area contributed by atoms with Gasteiger partial charge in [0.15, 0.2) is 0 Å². The minimum absolute atomic E-state index is 0.0928. The normalized spacial score (nSPS) is 17.4. The Balaban J connectivity index is 1.54. The molecule has 1 heterocycles. The molecule has 0 aliphatic carbocycles. The fraction of sp³-hybridized carbons (Fsp3) is 0.391. The van der Waals surface area contributed by atoms with Crippen molar-refractivity contribution in [2.75, 3.05) is 18.4 Å². The zero-order valence-corrected chi connectivity index (χ0v) is 19.0. The number of carbonyl (C=O) groups excluding carboxylic acids is 2. The van der Waals surface area contributed by atoms with Gasteiger partial charge in [0.2, 0.25) is 21.8 Å². The lowest BCUT2D eigenvalue weighted by molar-refractivity contribution is -0.128. The number of hydrogen-bond acceptors (Lipinski definition) is 4. The Labute approximate surface area is 188 Å². The molecule has 1 fully saturated rings. The van der Waals surface area contributed by atoms with E-state index < -0.39 is 15.9 Å². The van der Waals surface area contributed by atoms with Crippen LogP contribution in [0.25, 0.3) is 0 Å². The van der Waals surface area contributed by atoms with E-state index in [0.29, 0.717) is 31.6 Å². The summed E-state index contributed by atoms with van der Waals surface area (Å²) in [5, 5.41) is 2.76. The first-order valence-corrected chi connectivity index (χ1v) is 12.1. The lowest BCUT2D eigenvalue weighted by atomic mass is 10.1. The van der Waals surface area contributed by atoms with Gasteiger partial charge in [0.25, 0.3) is 0 Å². The van der Waals surface area contributed by atoms with Crippen LogP contribution in [-0.4, -0.2) is 44.3 Å². The number of nitrogens with one attached hydrogen (secondary N) is 2. The number of benzene rings is 2. The molecule has 2 aromatic carbocycles. The van der Waals surface area contributed by atoms with Crippen LogP contribution in [0.1, 0.15) is 32.3 Å². The predicted molar refractivity (Wildman–Crippen MR) is 120 cm³/mol. The molecule has 0 unspecified atom stereocenters. The molecule has 2 atom stereocenters. The Morgan fingerprint density at radius 2 is 1.81 bits per heavy atom. The van der Waals surface area contributed by atoms with Crippen molar-refractivity contribution in [3.05, 3.63) is 59.9 Å². The molecule has 0 spiro atoms. The number of carbonyl (C=O) groups is 2. The number of halogens is 1. The molecule has 1 saturated heterocycles. The number of amides is 2. The third-order valence-corrected chi connectivity index (χ3v) is 7.18. The highest BCUT2D eigenvalue weighted by Gasteiger charge is 2.34. The van der Waals surface area contributed by atoms with E-state index >= 15 is 0 Å². The van der Waals surface area contributed by atoms with E-state index in [2.05, 4.69) is 10.0 Å². The molecule has 0 radical (unpaired) electrons. The summed E-state index contributed by atoms with van der Waals surface area (Å²) >= 11 is 0. The molecule has 1 aliphatic heterocycles. The third kappa shape index (κ3) is 6.14. The first kappa shape index (κ1) is 23.9. The Morgan fingerprint density at radius 3 is 2.44 bits per heavy atom. The molecule has 2 amide bonds. The van der Waals surface area contributed by atoms with E-state index in [9.17, 15) is 22.4 Å². The summed E-state index contributed by atoms with van der Waals surface area (Å²) in [6.07, 6.45) is 1.38. The monoisotopic (exact) mass is 461 g/mol. The summed E-state index contributed by atoms with van der Waals surface area (Å²) < 4.78 is 40.3. The zero-order chi connectivity index (χ0) is 23.3. The topological polar surface area (TPSA) is 95.6 Å². The van der Waals surface area contributed by atoms with E-state index in [1.165, 1.54) is 36.4 Å². The van der Waals surface area contributed by atoms with Gasteiger partial charge in [0.1, 0.15) is 5.82 Å². The van der Waals surface area contributed by atoms with Crippen LogP contribution in [0, 0.1) is 11.7 Å². The fourth-order valence-electron chi connectivity index (χ4n) is 3.46. The molecule has 0 aromatic heterocycles. The molecule has 1 aliphatic rings. The van der Waals surface area contributed by atoms with Gasteiger partial charge in [-0.2, -0.15) is 0 Å². The second-order valence-electron chi connectivity index (χ2n) is 8.06. The van der Waals surface area contributed by atoms with Crippen LogP contribution in [0.5, 0.6) is 0 Å². The number of rotatable bonds is 9. The van der Waals surface area contributed by atoms with Crippen LogP contribution in [0.15, 0.2) is 53.4 Å². The quantitative estimate of drug-likeness (QED) is 0.600. The molecular weight excluding hydrogens is 433 g/mol. The lowest BCUT2D eigenvalue weighted by Gasteiger charge is -2.17. The summed E-state index contributed by atoms with van der Waals surface area (Å²) in [6, 6.07) is 11.9. The first-order chi connectivity index (χ1) is 15.2. The molecule has 7 nitrogen and oxygen atoms in total. The van der Waals surface area contributed by atoms with Crippen molar-refractivity contribution >= 4 is 27.5 Å². The van der Waals surface area contributed by atoms with Gasteiger partial charge in [-0.25, -0.2) is 17.5 Å². The van der Waals surface area contributed by atoms with E-state index in [1.807, 2.05) is 6.92 Å². The number of likely N-dealkylation sites (tertiary alicyclic amines) is 1. The van der Waals surface area contributed by atoms with Crippen molar-refractivity contribution in [1.29, 1.82) is 0 Å². The maximum absolute atomic E-state index is 13.0. The van der Waals surface area contributed by atoms with Crippen LogP contribution in [0.4, 0.5) is 10.1 Å². The summed E-state index contributed by atoms with van der Waals surface area (Å²) in [7, 11) is -3.61. The predicted octanol–water partition coefficient (Wildman–Crippen LogP) is 2.93. The first-order valence-electron chi connectivity index (χ1n) is 10.6. The summed E-state index contributed by atoms with van der Waals surface area (Å²) in [4.78, 5) is 26.7.